The molecule has 1 aromatic heterocycles. The number of aromatic nitrogens is 2. The topological polar surface area (TPSA) is 114 Å². The SMILES string of the molecule is CC[n+]1c(CN)n(C[C@@H]2CCCO2)c2cc(OCC(=O)N3C[C@@H](O)[C@H](O)C3)ccc21. The average Bonchev–Trinajstić information content (AvgIpc) is 3.45. The van der Waals surface area contributed by atoms with Crippen molar-refractivity contribution in [2.75, 3.05) is 26.3 Å². The molecule has 0 aliphatic carbocycles. The molecule has 9 heteroatoms. The van der Waals surface area contributed by atoms with Gasteiger partial charge in [-0.05, 0) is 31.9 Å². The number of nitrogens with zero attached hydrogens (tertiary/aromatic N) is 3. The van der Waals surface area contributed by atoms with E-state index in [0.29, 0.717) is 12.3 Å². The van der Waals surface area contributed by atoms with Gasteiger partial charge in [0.1, 0.15) is 12.3 Å². The van der Waals surface area contributed by atoms with Crippen LogP contribution in [0.2, 0.25) is 0 Å². The van der Waals surface area contributed by atoms with Gasteiger partial charge in [0.25, 0.3) is 11.7 Å². The first-order valence-electron chi connectivity index (χ1n) is 10.6. The Bertz CT molecular complexity index is 898. The number of aliphatic hydroxyl groups excluding tert-OH is 2. The molecule has 164 valence electrons. The van der Waals surface area contributed by atoms with E-state index in [2.05, 4.69) is 16.1 Å². The molecule has 1 aromatic carbocycles. The monoisotopic (exact) mass is 419 g/mol. The number of amides is 1. The number of aryl methyl sites for hydroxylation is 1. The highest BCUT2D eigenvalue weighted by Crippen LogP contribution is 2.24. The number of fused-ring (bicyclic) bond motifs is 1. The largest absolute Gasteiger partial charge is 0.484 e. The first kappa shape index (κ1) is 21.0. The molecule has 3 heterocycles. The third-order valence-corrected chi connectivity index (χ3v) is 6.03. The molecule has 3 atom stereocenters. The van der Waals surface area contributed by atoms with Crippen molar-refractivity contribution in [1.29, 1.82) is 0 Å². The number of aliphatic hydroxyl groups is 2. The molecule has 0 radical (unpaired) electrons. The van der Waals surface area contributed by atoms with Crippen LogP contribution in [0.25, 0.3) is 11.0 Å². The maximum Gasteiger partial charge on any atom is 0.271 e. The fourth-order valence-electron chi connectivity index (χ4n) is 4.44. The number of carbonyl (C=O) groups excluding carboxylic acids is 1. The molecular weight excluding hydrogens is 388 g/mol. The summed E-state index contributed by atoms with van der Waals surface area (Å²) in [7, 11) is 0. The molecule has 4 N–H and O–H groups in total. The van der Waals surface area contributed by atoms with Gasteiger partial charge in [0.05, 0.1) is 31.4 Å². The van der Waals surface area contributed by atoms with Crippen LogP contribution >= 0.6 is 0 Å². The molecule has 0 spiro atoms. The van der Waals surface area contributed by atoms with Gasteiger partial charge in [-0.2, -0.15) is 0 Å². The second kappa shape index (κ2) is 8.89. The molecule has 2 fully saturated rings. The molecule has 2 aliphatic heterocycles. The standard InChI is InChI=1S/C21H31N4O5/c1-2-24-16-6-5-14(30-13-21(28)23-11-18(26)19(27)12-23)8-17(16)25(20(24)9-22)10-15-4-3-7-29-15/h5-6,8,15,18-19,26-27H,2-4,7,9-13,22H2,1H3/q+1/t15-,18+,19+/m0/s1. The zero-order chi connectivity index (χ0) is 21.3. The zero-order valence-corrected chi connectivity index (χ0v) is 17.4. The second-order valence-corrected chi connectivity index (χ2v) is 7.98. The number of ether oxygens (including phenoxy) is 2. The Morgan fingerprint density at radius 3 is 2.73 bits per heavy atom. The Morgan fingerprint density at radius 1 is 1.33 bits per heavy atom. The van der Waals surface area contributed by atoms with Crippen molar-refractivity contribution in [1.82, 2.24) is 9.47 Å². The van der Waals surface area contributed by atoms with Crippen LogP contribution in [0, 0.1) is 0 Å². The van der Waals surface area contributed by atoms with Gasteiger partial charge >= 0.3 is 0 Å². The van der Waals surface area contributed by atoms with Crippen LogP contribution in [0.15, 0.2) is 18.2 Å². The molecule has 2 saturated heterocycles. The van der Waals surface area contributed by atoms with E-state index in [1.165, 1.54) is 4.90 Å². The second-order valence-electron chi connectivity index (χ2n) is 7.98. The fraction of sp³-hybridized carbons (Fsp3) is 0.619. The van der Waals surface area contributed by atoms with Gasteiger partial charge in [-0.1, -0.05) is 0 Å². The number of rotatable bonds is 7. The Hall–Kier alpha value is -2.20. The minimum atomic E-state index is -0.898. The number of hydrogen-bond donors (Lipinski definition) is 3. The number of imidazole rings is 1. The van der Waals surface area contributed by atoms with Crippen LogP contribution in [0.4, 0.5) is 0 Å². The van der Waals surface area contributed by atoms with Gasteiger partial charge in [0, 0.05) is 25.8 Å². The molecule has 9 nitrogen and oxygen atoms in total. The fourth-order valence-corrected chi connectivity index (χ4v) is 4.44. The van der Waals surface area contributed by atoms with E-state index < -0.39 is 12.2 Å². The number of hydrogen-bond acceptors (Lipinski definition) is 6. The van der Waals surface area contributed by atoms with E-state index in [1.807, 2.05) is 18.2 Å². The van der Waals surface area contributed by atoms with Gasteiger partial charge in [-0.3, -0.25) is 4.79 Å². The van der Waals surface area contributed by atoms with Crippen LogP contribution < -0.4 is 15.0 Å². The van der Waals surface area contributed by atoms with Crippen molar-refractivity contribution >= 4 is 16.9 Å². The third kappa shape index (κ3) is 4.02. The van der Waals surface area contributed by atoms with E-state index in [9.17, 15) is 15.0 Å². The van der Waals surface area contributed by atoms with Crippen LogP contribution in [-0.2, 0) is 29.2 Å². The summed E-state index contributed by atoms with van der Waals surface area (Å²) < 4.78 is 16.0. The summed E-state index contributed by atoms with van der Waals surface area (Å²) in [6.07, 6.45) is 0.492. The molecule has 0 unspecified atom stereocenters. The van der Waals surface area contributed by atoms with E-state index in [4.69, 9.17) is 15.2 Å². The normalized spacial score (nSPS) is 24.1. The van der Waals surface area contributed by atoms with E-state index in [-0.39, 0.29) is 31.7 Å². The van der Waals surface area contributed by atoms with Crippen molar-refractivity contribution in [3.63, 3.8) is 0 Å². The smallest absolute Gasteiger partial charge is 0.271 e. The quantitative estimate of drug-likeness (QED) is 0.523. The molecule has 1 amide bonds. The predicted molar refractivity (Wildman–Crippen MR) is 109 cm³/mol. The number of β-amino-alcohol motifs (C(OH)–C–C–N with tert-alkyl or cyclic N) is 2. The average molecular weight is 420 g/mol. The Labute approximate surface area is 175 Å². The summed E-state index contributed by atoms with van der Waals surface area (Å²) in [5, 5.41) is 19.3. The Kier molecular flexibility index (Phi) is 6.24. The highest BCUT2D eigenvalue weighted by Gasteiger charge is 2.33. The minimum Gasteiger partial charge on any atom is -0.484 e. The summed E-state index contributed by atoms with van der Waals surface area (Å²) >= 11 is 0. The van der Waals surface area contributed by atoms with Crippen molar-refractivity contribution in [3.05, 3.63) is 24.0 Å². The summed E-state index contributed by atoms with van der Waals surface area (Å²) in [5.74, 6) is 1.37. The molecule has 4 rings (SSSR count). The van der Waals surface area contributed by atoms with Crippen LogP contribution in [0.1, 0.15) is 25.6 Å². The van der Waals surface area contributed by atoms with Crippen molar-refractivity contribution in [2.45, 2.75) is 57.7 Å². The molecule has 0 saturated carbocycles. The molecule has 2 aromatic rings. The van der Waals surface area contributed by atoms with E-state index in [0.717, 1.165) is 49.4 Å². The lowest BCUT2D eigenvalue weighted by atomic mass is 10.2. The van der Waals surface area contributed by atoms with Crippen molar-refractivity contribution < 1.29 is 29.0 Å². The van der Waals surface area contributed by atoms with Crippen molar-refractivity contribution in [2.24, 2.45) is 5.73 Å². The predicted octanol–water partition coefficient (Wildman–Crippen LogP) is -0.471. The number of benzene rings is 1. The highest BCUT2D eigenvalue weighted by molar-refractivity contribution is 5.79. The van der Waals surface area contributed by atoms with Crippen LogP contribution in [0.3, 0.4) is 0 Å². The lowest BCUT2D eigenvalue weighted by molar-refractivity contribution is -0.676. The first-order valence-corrected chi connectivity index (χ1v) is 10.6. The number of carbonyl (C=O) groups is 1. The zero-order valence-electron chi connectivity index (χ0n) is 17.4. The summed E-state index contributed by atoms with van der Waals surface area (Å²) in [4.78, 5) is 13.8. The van der Waals surface area contributed by atoms with Gasteiger partial charge in [0.2, 0.25) is 0 Å². The van der Waals surface area contributed by atoms with Crippen LogP contribution in [0.5, 0.6) is 5.75 Å². The van der Waals surface area contributed by atoms with Crippen molar-refractivity contribution in [3.8, 4) is 5.75 Å². The number of nitrogens with two attached hydrogens (primary N) is 1. The highest BCUT2D eigenvalue weighted by atomic mass is 16.5. The Morgan fingerprint density at radius 2 is 2.10 bits per heavy atom. The summed E-state index contributed by atoms with van der Waals surface area (Å²) in [6.45, 7) is 4.97. The Balaban J connectivity index is 1.55. The maximum absolute atomic E-state index is 12.4. The lowest BCUT2D eigenvalue weighted by Crippen LogP contribution is -2.38. The van der Waals surface area contributed by atoms with Gasteiger partial charge < -0.3 is 30.3 Å². The number of likely N-dealkylation sites (tertiary alicyclic amines) is 1. The lowest BCUT2D eigenvalue weighted by Gasteiger charge is -2.15. The van der Waals surface area contributed by atoms with E-state index in [1.54, 1.807) is 0 Å². The maximum atomic E-state index is 12.4. The first-order chi connectivity index (χ1) is 14.5. The molecule has 0 bridgehead atoms. The van der Waals surface area contributed by atoms with Crippen LogP contribution in [-0.4, -0.2) is 70.2 Å². The van der Waals surface area contributed by atoms with E-state index >= 15 is 0 Å². The molecule has 2 aliphatic rings. The minimum absolute atomic E-state index is 0.128. The summed E-state index contributed by atoms with van der Waals surface area (Å²) in [6, 6.07) is 5.79. The third-order valence-electron chi connectivity index (χ3n) is 6.03. The van der Waals surface area contributed by atoms with Gasteiger partial charge in [-0.25, -0.2) is 9.13 Å². The molecule has 30 heavy (non-hydrogen) atoms. The molecular formula is C21H31N4O5+. The summed E-state index contributed by atoms with van der Waals surface area (Å²) in [5.41, 5.74) is 8.16. The van der Waals surface area contributed by atoms with Gasteiger partial charge in [0.15, 0.2) is 17.6 Å². The van der Waals surface area contributed by atoms with Gasteiger partial charge in [-0.15, -0.1) is 0 Å².